The summed E-state index contributed by atoms with van der Waals surface area (Å²) in [5, 5.41) is 17.9. The van der Waals surface area contributed by atoms with Crippen molar-refractivity contribution in [2.75, 3.05) is 11.0 Å². The van der Waals surface area contributed by atoms with E-state index >= 15 is 0 Å². The lowest BCUT2D eigenvalue weighted by atomic mass is 9.52. The minimum Gasteiger partial charge on any atom is -0.515 e. The maximum Gasteiger partial charge on any atom is 0.229 e. The molecule has 0 saturated heterocycles. The molecule has 2 aromatic carbocycles. The van der Waals surface area contributed by atoms with Crippen molar-refractivity contribution >= 4 is 21.5 Å². The van der Waals surface area contributed by atoms with Crippen molar-refractivity contribution in [3.8, 4) is 11.3 Å². The maximum absolute atomic E-state index is 13.0. The molecule has 2 aliphatic rings. The van der Waals surface area contributed by atoms with Crippen LogP contribution in [0.5, 0.6) is 0 Å². The standard InChI is InChI=1S/C26H27N3O4S/c1-16-22-13-12-21-23(17-8-10-20(11-9-17)29-34(2,32)33)27-28-25(21)26(22,14-18(15-30)24(16)31)19-6-4-3-5-7-19/h3-11,15-16,22,29-30H,12-14H2,1-2H3,(H,27,28)/t16-,22-,26+/m0/s1. The van der Waals surface area contributed by atoms with E-state index in [9.17, 15) is 18.3 Å². The van der Waals surface area contributed by atoms with E-state index < -0.39 is 15.4 Å². The van der Waals surface area contributed by atoms with Crippen molar-refractivity contribution in [1.82, 2.24) is 10.2 Å². The van der Waals surface area contributed by atoms with Crippen molar-refractivity contribution < 1.29 is 18.3 Å². The molecule has 1 fully saturated rings. The second-order valence-corrected chi connectivity index (χ2v) is 11.1. The van der Waals surface area contributed by atoms with Gasteiger partial charge in [0.2, 0.25) is 10.0 Å². The van der Waals surface area contributed by atoms with Crippen LogP contribution in [-0.2, 0) is 26.7 Å². The zero-order chi connectivity index (χ0) is 24.1. The third-order valence-electron chi connectivity index (χ3n) is 7.36. The molecule has 0 spiro atoms. The van der Waals surface area contributed by atoms with Crippen LogP contribution in [0.3, 0.4) is 0 Å². The lowest BCUT2D eigenvalue weighted by molar-refractivity contribution is -0.123. The molecule has 34 heavy (non-hydrogen) atoms. The fraction of sp³-hybridized carbons (Fsp3) is 0.308. The van der Waals surface area contributed by atoms with Gasteiger partial charge in [-0.3, -0.25) is 14.6 Å². The van der Waals surface area contributed by atoms with Gasteiger partial charge in [0.1, 0.15) is 0 Å². The summed E-state index contributed by atoms with van der Waals surface area (Å²) in [6, 6.07) is 17.3. The van der Waals surface area contributed by atoms with E-state index in [2.05, 4.69) is 22.0 Å². The number of nitrogens with zero attached hydrogens (tertiary/aromatic N) is 1. The first-order valence-electron chi connectivity index (χ1n) is 11.3. The van der Waals surface area contributed by atoms with E-state index in [0.717, 1.165) is 53.4 Å². The van der Waals surface area contributed by atoms with Gasteiger partial charge < -0.3 is 5.11 Å². The van der Waals surface area contributed by atoms with Gasteiger partial charge >= 0.3 is 0 Å². The van der Waals surface area contributed by atoms with Gasteiger partial charge in [-0.15, -0.1) is 0 Å². The number of carbonyl (C=O) groups is 1. The largest absolute Gasteiger partial charge is 0.515 e. The van der Waals surface area contributed by atoms with Crippen molar-refractivity contribution in [3.05, 3.63) is 83.3 Å². The van der Waals surface area contributed by atoms with Crippen LogP contribution in [-0.4, -0.2) is 35.8 Å². The van der Waals surface area contributed by atoms with E-state index in [1.807, 2.05) is 37.3 Å². The van der Waals surface area contributed by atoms with Crippen LogP contribution in [0.2, 0.25) is 0 Å². The molecule has 1 saturated carbocycles. The molecule has 0 amide bonds. The number of aromatic nitrogens is 2. The van der Waals surface area contributed by atoms with E-state index in [0.29, 0.717) is 17.7 Å². The molecule has 0 unspecified atom stereocenters. The van der Waals surface area contributed by atoms with E-state index in [1.165, 1.54) is 0 Å². The predicted octanol–water partition coefficient (Wildman–Crippen LogP) is 4.35. The summed E-state index contributed by atoms with van der Waals surface area (Å²) < 4.78 is 25.6. The first-order valence-corrected chi connectivity index (χ1v) is 13.2. The lowest BCUT2D eigenvalue weighted by Gasteiger charge is -2.50. The number of hydrogen-bond donors (Lipinski definition) is 3. The number of nitrogens with one attached hydrogen (secondary N) is 2. The Morgan fingerprint density at radius 1 is 1.15 bits per heavy atom. The zero-order valence-corrected chi connectivity index (χ0v) is 19.9. The van der Waals surface area contributed by atoms with E-state index in [-0.39, 0.29) is 17.6 Å². The summed E-state index contributed by atoms with van der Waals surface area (Å²) in [4.78, 5) is 13.0. The van der Waals surface area contributed by atoms with E-state index in [1.54, 1.807) is 12.1 Å². The smallest absolute Gasteiger partial charge is 0.229 e. The monoisotopic (exact) mass is 477 g/mol. The fourth-order valence-electron chi connectivity index (χ4n) is 5.92. The van der Waals surface area contributed by atoms with Crippen molar-refractivity contribution in [2.24, 2.45) is 11.8 Å². The Morgan fingerprint density at radius 2 is 1.85 bits per heavy atom. The molecule has 8 heteroatoms. The van der Waals surface area contributed by atoms with Crippen LogP contribution < -0.4 is 4.72 Å². The molecule has 3 N–H and O–H groups in total. The summed E-state index contributed by atoms with van der Waals surface area (Å²) in [5.41, 5.74) is 5.33. The zero-order valence-electron chi connectivity index (χ0n) is 19.1. The minimum absolute atomic E-state index is 0.0104. The van der Waals surface area contributed by atoms with Crippen molar-refractivity contribution in [1.29, 1.82) is 0 Å². The Hall–Kier alpha value is -3.39. The number of ketones is 1. The number of hydrogen-bond acceptors (Lipinski definition) is 5. The summed E-state index contributed by atoms with van der Waals surface area (Å²) >= 11 is 0. The molecule has 3 aromatic rings. The van der Waals surface area contributed by atoms with Gasteiger partial charge in [0, 0.05) is 33.7 Å². The van der Waals surface area contributed by atoms with Gasteiger partial charge in [0.15, 0.2) is 5.78 Å². The highest BCUT2D eigenvalue weighted by molar-refractivity contribution is 7.92. The number of H-pyrrole nitrogens is 1. The number of aliphatic hydroxyl groups is 1. The molecule has 0 radical (unpaired) electrons. The third-order valence-corrected chi connectivity index (χ3v) is 7.97. The fourth-order valence-corrected chi connectivity index (χ4v) is 6.49. The molecule has 0 aliphatic heterocycles. The molecule has 1 aromatic heterocycles. The Labute approximate surface area is 199 Å². The number of aromatic amines is 1. The minimum atomic E-state index is -3.35. The summed E-state index contributed by atoms with van der Waals surface area (Å²) in [5.74, 6) is -0.141. The van der Waals surface area contributed by atoms with Gasteiger partial charge in [-0.2, -0.15) is 5.10 Å². The second kappa shape index (κ2) is 8.13. The third kappa shape index (κ3) is 3.53. The number of sulfonamides is 1. The number of aliphatic hydroxyl groups excluding tert-OH is 1. The number of benzene rings is 2. The molecule has 3 atom stereocenters. The Balaban J connectivity index is 1.65. The Morgan fingerprint density at radius 3 is 2.50 bits per heavy atom. The second-order valence-electron chi connectivity index (χ2n) is 9.34. The average molecular weight is 478 g/mol. The maximum atomic E-state index is 13.0. The highest BCUT2D eigenvalue weighted by Gasteiger charge is 2.55. The number of rotatable bonds is 4. The van der Waals surface area contributed by atoms with Crippen molar-refractivity contribution in [2.45, 2.75) is 31.6 Å². The molecular weight excluding hydrogens is 450 g/mol. The molecule has 0 bridgehead atoms. The number of fused-ring (bicyclic) bond motifs is 3. The van der Waals surface area contributed by atoms with Crippen molar-refractivity contribution in [3.63, 3.8) is 0 Å². The molecule has 5 rings (SSSR count). The number of allylic oxidation sites excluding steroid dienone is 1. The lowest BCUT2D eigenvalue weighted by Crippen LogP contribution is -2.50. The van der Waals surface area contributed by atoms with Crippen LogP contribution in [0.4, 0.5) is 5.69 Å². The SMILES string of the molecule is C[C@@H]1C(=O)C(=CO)C[C@]2(c3ccccc3)c3[nH]nc(-c4ccc(NS(C)(=O)=O)cc4)c3CC[C@@H]12. The van der Waals surface area contributed by atoms with Gasteiger partial charge in [0.25, 0.3) is 0 Å². The first-order chi connectivity index (χ1) is 16.2. The topological polar surface area (TPSA) is 112 Å². The summed E-state index contributed by atoms with van der Waals surface area (Å²) in [6.45, 7) is 1.96. The predicted molar refractivity (Wildman–Crippen MR) is 131 cm³/mol. The average Bonchev–Trinajstić information content (AvgIpc) is 3.26. The summed E-state index contributed by atoms with van der Waals surface area (Å²) in [6.07, 6.45) is 4.11. The normalized spacial score (nSPS) is 25.6. The number of carbonyl (C=O) groups excluding carboxylic acids is 1. The van der Waals surface area contributed by atoms with Gasteiger partial charge in [-0.1, -0.05) is 49.4 Å². The number of anilines is 1. The van der Waals surface area contributed by atoms with Crippen LogP contribution in [0, 0.1) is 11.8 Å². The van der Waals surface area contributed by atoms with Crippen LogP contribution in [0.1, 0.15) is 36.6 Å². The molecule has 176 valence electrons. The Bertz CT molecular complexity index is 1380. The molecule has 1 heterocycles. The van der Waals surface area contributed by atoms with Gasteiger partial charge in [-0.05, 0) is 42.9 Å². The van der Waals surface area contributed by atoms with E-state index in [4.69, 9.17) is 5.10 Å². The summed E-state index contributed by atoms with van der Waals surface area (Å²) in [7, 11) is -3.35. The molecular formula is C26H27N3O4S. The van der Waals surface area contributed by atoms with Gasteiger partial charge in [-0.25, -0.2) is 8.42 Å². The van der Waals surface area contributed by atoms with Crippen LogP contribution in [0.25, 0.3) is 11.3 Å². The van der Waals surface area contributed by atoms with Crippen LogP contribution >= 0.6 is 0 Å². The molecule has 2 aliphatic carbocycles. The van der Waals surface area contributed by atoms with Crippen LogP contribution in [0.15, 0.2) is 66.4 Å². The highest BCUT2D eigenvalue weighted by Crippen LogP contribution is 2.56. The van der Waals surface area contributed by atoms with Gasteiger partial charge in [0.05, 0.1) is 23.9 Å². The Kier molecular flexibility index (Phi) is 5.36. The quantitative estimate of drug-likeness (QED) is 0.382. The highest BCUT2D eigenvalue weighted by atomic mass is 32.2. The molecule has 7 nitrogen and oxygen atoms in total. The first kappa shape index (κ1) is 22.4. The number of Topliss-reactive ketones (excluding diaryl/α,β-unsaturated/α-hetero) is 1.